The highest BCUT2D eigenvalue weighted by Gasteiger charge is 2.15. The van der Waals surface area contributed by atoms with Crippen molar-refractivity contribution in [3.8, 4) is 23.2 Å². The highest BCUT2D eigenvalue weighted by atomic mass is 16.5. The third kappa shape index (κ3) is 4.13. The summed E-state index contributed by atoms with van der Waals surface area (Å²) in [6, 6.07) is 24.2. The maximum absolute atomic E-state index is 9.68. The molecule has 2 aromatic carbocycles. The number of hydrogen-bond acceptors (Lipinski definition) is 3. The van der Waals surface area contributed by atoms with E-state index in [1.165, 1.54) is 0 Å². The van der Waals surface area contributed by atoms with Crippen LogP contribution in [0.2, 0.25) is 0 Å². The van der Waals surface area contributed by atoms with Crippen LogP contribution in [0.5, 0.6) is 5.75 Å². The van der Waals surface area contributed by atoms with Gasteiger partial charge in [-0.1, -0.05) is 18.2 Å². The molecule has 0 spiro atoms. The predicted molar refractivity (Wildman–Crippen MR) is 119 cm³/mol. The number of para-hydroxylation sites is 1. The van der Waals surface area contributed by atoms with E-state index in [2.05, 4.69) is 23.5 Å². The first-order chi connectivity index (χ1) is 14.8. The van der Waals surface area contributed by atoms with Crippen molar-refractivity contribution in [3.63, 3.8) is 0 Å². The lowest BCUT2D eigenvalue weighted by Crippen LogP contribution is -2.04. The van der Waals surface area contributed by atoms with Crippen LogP contribution in [0.15, 0.2) is 103 Å². The van der Waals surface area contributed by atoms with E-state index in [1.54, 1.807) is 13.3 Å². The molecule has 0 aliphatic rings. The molecule has 4 aromatic rings. The van der Waals surface area contributed by atoms with Gasteiger partial charge in [0.2, 0.25) is 0 Å². The summed E-state index contributed by atoms with van der Waals surface area (Å²) in [6.07, 6.45) is 10.2. The second-order valence-corrected chi connectivity index (χ2v) is 6.82. The zero-order chi connectivity index (χ0) is 20.8. The van der Waals surface area contributed by atoms with Gasteiger partial charge in [-0.25, -0.2) is 0 Å². The third-order valence-electron chi connectivity index (χ3n) is 4.80. The quantitative estimate of drug-likeness (QED) is 0.431. The Kier molecular flexibility index (Phi) is 5.68. The van der Waals surface area contributed by atoms with Gasteiger partial charge in [-0.2, -0.15) is 5.26 Å². The molecule has 0 saturated heterocycles. The summed E-state index contributed by atoms with van der Waals surface area (Å²) in [5.74, 6) is 0.774. The zero-order valence-corrected chi connectivity index (χ0v) is 16.7. The minimum Gasteiger partial charge on any atom is -0.492 e. The van der Waals surface area contributed by atoms with Gasteiger partial charge < -0.3 is 19.2 Å². The van der Waals surface area contributed by atoms with Crippen molar-refractivity contribution in [1.82, 2.24) is 9.13 Å². The molecule has 2 aromatic heterocycles. The molecule has 0 aliphatic heterocycles. The van der Waals surface area contributed by atoms with E-state index in [-0.39, 0.29) is 0 Å². The smallest absolute Gasteiger partial charge is 0.166 e. The summed E-state index contributed by atoms with van der Waals surface area (Å²) in [6.45, 7) is 0. The Morgan fingerprint density at radius 3 is 2.00 bits per heavy atom. The molecule has 0 bridgehead atoms. The van der Waals surface area contributed by atoms with Crippen LogP contribution in [0.1, 0.15) is 5.56 Å². The molecule has 2 heterocycles. The van der Waals surface area contributed by atoms with Gasteiger partial charge in [-0.3, -0.25) is 0 Å². The van der Waals surface area contributed by atoms with Gasteiger partial charge in [0.1, 0.15) is 0 Å². The van der Waals surface area contributed by atoms with E-state index in [0.717, 1.165) is 28.4 Å². The number of nitriles is 1. The van der Waals surface area contributed by atoms with Gasteiger partial charge >= 0.3 is 0 Å². The van der Waals surface area contributed by atoms with Crippen LogP contribution in [0.3, 0.4) is 0 Å². The zero-order valence-electron chi connectivity index (χ0n) is 16.7. The third-order valence-corrected chi connectivity index (χ3v) is 4.80. The molecule has 0 fully saturated rings. The average molecular weight is 394 g/mol. The van der Waals surface area contributed by atoms with Gasteiger partial charge in [0.15, 0.2) is 5.75 Å². The Bertz CT molecular complexity index is 1110. The summed E-state index contributed by atoms with van der Waals surface area (Å²) >= 11 is 0. The van der Waals surface area contributed by atoms with Crippen molar-refractivity contribution in [3.05, 3.63) is 109 Å². The first-order valence-electron chi connectivity index (χ1n) is 9.67. The summed E-state index contributed by atoms with van der Waals surface area (Å²) in [5.41, 5.74) is 4.46. The van der Waals surface area contributed by atoms with E-state index in [1.807, 2.05) is 88.5 Å². The minimum absolute atomic E-state index is 0.503. The number of aromatic nitrogens is 2. The first kappa shape index (κ1) is 19.2. The largest absolute Gasteiger partial charge is 0.492 e. The Balaban J connectivity index is 1.73. The Hall–Kier alpha value is -4.17. The van der Waals surface area contributed by atoms with Gasteiger partial charge in [0.05, 0.1) is 24.6 Å². The van der Waals surface area contributed by atoms with E-state index >= 15 is 0 Å². The molecule has 0 unspecified atom stereocenters. The number of allylic oxidation sites excluding steroid dienone is 1. The lowest BCUT2D eigenvalue weighted by atomic mass is 10.0. The van der Waals surface area contributed by atoms with Gasteiger partial charge in [-0.05, 0) is 54.1 Å². The number of nitrogens with zero attached hydrogens (tertiary/aromatic N) is 3. The van der Waals surface area contributed by atoms with Crippen LogP contribution in [0, 0.1) is 11.3 Å². The van der Waals surface area contributed by atoms with E-state index in [4.69, 9.17) is 4.74 Å². The minimum atomic E-state index is 0.503. The number of methoxy groups -OCH3 is 1. The maximum Gasteiger partial charge on any atom is 0.166 e. The van der Waals surface area contributed by atoms with Crippen LogP contribution in [-0.2, 0) is 6.42 Å². The van der Waals surface area contributed by atoms with Crippen molar-refractivity contribution in [2.75, 3.05) is 12.4 Å². The molecular weight excluding hydrogens is 372 g/mol. The first-order valence-corrected chi connectivity index (χ1v) is 9.67. The molecule has 1 N–H and O–H groups in total. The summed E-state index contributed by atoms with van der Waals surface area (Å²) < 4.78 is 9.82. The van der Waals surface area contributed by atoms with Crippen LogP contribution < -0.4 is 10.1 Å². The number of benzene rings is 2. The highest BCUT2D eigenvalue weighted by Crippen LogP contribution is 2.33. The van der Waals surface area contributed by atoms with Crippen molar-refractivity contribution < 1.29 is 4.74 Å². The number of anilines is 1. The van der Waals surface area contributed by atoms with E-state index in [0.29, 0.717) is 12.0 Å². The van der Waals surface area contributed by atoms with Crippen LogP contribution in [0.4, 0.5) is 5.69 Å². The lowest BCUT2D eigenvalue weighted by Gasteiger charge is -2.17. The van der Waals surface area contributed by atoms with Crippen LogP contribution in [0.25, 0.3) is 11.4 Å². The summed E-state index contributed by atoms with van der Waals surface area (Å²) in [5, 5.41) is 12.9. The van der Waals surface area contributed by atoms with E-state index in [9.17, 15) is 5.26 Å². The topological polar surface area (TPSA) is 54.9 Å². The van der Waals surface area contributed by atoms with E-state index < -0.39 is 0 Å². The van der Waals surface area contributed by atoms with Crippen LogP contribution >= 0.6 is 0 Å². The number of hydrogen-bond donors (Lipinski definition) is 1. The van der Waals surface area contributed by atoms with Crippen LogP contribution in [-0.4, -0.2) is 16.2 Å². The molecule has 0 aliphatic carbocycles. The summed E-state index contributed by atoms with van der Waals surface area (Å²) in [7, 11) is 1.68. The second kappa shape index (κ2) is 8.89. The Labute approximate surface area is 176 Å². The maximum atomic E-state index is 9.68. The van der Waals surface area contributed by atoms with Crippen molar-refractivity contribution in [2.24, 2.45) is 0 Å². The number of ether oxygens (including phenoxy) is 1. The average Bonchev–Trinajstić information content (AvgIpc) is 3.51. The highest BCUT2D eigenvalue weighted by molar-refractivity contribution is 5.62. The molecule has 0 saturated carbocycles. The molecule has 5 heteroatoms. The second-order valence-electron chi connectivity index (χ2n) is 6.82. The molecule has 0 amide bonds. The monoisotopic (exact) mass is 394 g/mol. The van der Waals surface area contributed by atoms with Gasteiger partial charge in [0, 0.05) is 48.7 Å². The fourth-order valence-electron chi connectivity index (χ4n) is 3.39. The fraction of sp³-hybridized carbons (Fsp3) is 0.0800. The fourth-order valence-corrected chi connectivity index (χ4v) is 3.39. The number of rotatable bonds is 7. The van der Waals surface area contributed by atoms with Crippen molar-refractivity contribution >= 4 is 5.69 Å². The number of nitrogens with one attached hydrogen (secondary N) is 1. The molecule has 5 nitrogen and oxygen atoms in total. The van der Waals surface area contributed by atoms with Crippen molar-refractivity contribution in [2.45, 2.75) is 6.42 Å². The molecule has 0 radical (unpaired) electrons. The lowest BCUT2D eigenvalue weighted by molar-refractivity contribution is 0.411. The molecule has 4 rings (SSSR count). The Morgan fingerprint density at radius 1 is 0.933 bits per heavy atom. The van der Waals surface area contributed by atoms with Crippen molar-refractivity contribution in [1.29, 1.82) is 5.26 Å². The normalized spacial score (nSPS) is 11.1. The molecular formula is C25H22N4O. The molecule has 30 heavy (non-hydrogen) atoms. The van der Waals surface area contributed by atoms with Gasteiger partial charge in [-0.15, -0.1) is 0 Å². The summed E-state index contributed by atoms with van der Waals surface area (Å²) in [4.78, 5) is 0. The van der Waals surface area contributed by atoms with Gasteiger partial charge in [0.25, 0.3) is 0 Å². The molecule has 148 valence electrons. The predicted octanol–water partition coefficient (Wildman–Crippen LogP) is 5.34. The molecule has 0 atom stereocenters. The standard InChI is InChI=1S/C25H22N4O/c1-30-25-23(28-11-5-6-12-28)16-20(17-24(25)29-13-7-8-14-29)15-21(18-26)19-27-22-9-3-2-4-10-22/h2-14,16-17,19,27H,15H2,1H3/b21-19-. The SMILES string of the molecule is COc1c(-n2cccc2)cc(C/C(C#N)=C/Nc2ccccc2)cc1-n1cccc1. The Morgan fingerprint density at radius 2 is 1.50 bits per heavy atom.